The second-order valence-corrected chi connectivity index (χ2v) is 6.69. The van der Waals surface area contributed by atoms with E-state index in [4.69, 9.17) is 0 Å². The van der Waals surface area contributed by atoms with Crippen LogP contribution in [-0.4, -0.2) is 38.7 Å². The van der Waals surface area contributed by atoms with Gasteiger partial charge in [-0.25, -0.2) is 9.67 Å². The highest BCUT2D eigenvalue weighted by Crippen LogP contribution is 2.28. The lowest BCUT2D eigenvalue weighted by molar-refractivity contribution is 0.0760. The minimum Gasteiger partial charge on any atom is -0.339 e. The molecule has 5 heteroatoms. The van der Waals surface area contributed by atoms with Crippen molar-refractivity contribution in [3.8, 4) is 5.82 Å². The Morgan fingerprint density at radius 3 is 2.62 bits per heavy atom. The van der Waals surface area contributed by atoms with Crippen LogP contribution in [0, 0.1) is 0 Å². The predicted molar refractivity (Wildman–Crippen MR) is 100 cm³/mol. The van der Waals surface area contributed by atoms with E-state index in [1.54, 1.807) is 17.1 Å². The molecular weight excluding hydrogens is 324 g/mol. The van der Waals surface area contributed by atoms with Crippen LogP contribution in [0.3, 0.4) is 0 Å². The molecule has 5 nitrogen and oxygen atoms in total. The normalized spacial score (nSPS) is 17.7. The summed E-state index contributed by atoms with van der Waals surface area (Å²) in [5, 5.41) is 4.16. The zero-order valence-corrected chi connectivity index (χ0v) is 14.7. The summed E-state index contributed by atoms with van der Waals surface area (Å²) in [6.07, 6.45) is 8.37. The molecule has 1 fully saturated rings. The first-order chi connectivity index (χ1) is 12.8. The lowest BCUT2D eigenvalue weighted by Crippen LogP contribution is -2.32. The Bertz CT molecular complexity index is 843. The van der Waals surface area contributed by atoms with Crippen LogP contribution >= 0.6 is 0 Å². The highest BCUT2D eigenvalue weighted by Gasteiger charge is 2.22. The number of aromatic nitrogens is 3. The summed E-state index contributed by atoms with van der Waals surface area (Å²) in [7, 11) is 0. The maximum atomic E-state index is 12.9. The van der Waals surface area contributed by atoms with Gasteiger partial charge in [0.05, 0.1) is 5.56 Å². The third-order valence-electron chi connectivity index (χ3n) is 5.02. The van der Waals surface area contributed by atoms with Gasteiger partial charge in [-0.15, -0.1) is 0 Å². The number of carbonyl (C=O) groups excluding carboxylic acids is 1. The second-order valence-electron chi connectivity index (χ2n) is 6.69. The minimum absolute atomic E-state index is 0.0678. The molecule has 1 aromatic carbocycles. The fourth-order valence-corrected chi connectivity index (χ4v) is 3.59. The van der Waals surface area contributed by atoms with E-state index in [9.17, 15) is 4.79 Å². The Labute approximate surface area is 153 Å². The van der Waals surface area contributed by atoms with Crippen LogP contribution in [0.25, 0.3) is 5.82 Å². The van der Waals surface area contributed by atoms with Gasteiger partial charge in [-0.3, -0.25) is 4.79 Å². The van der Waals surface area contributed by atoms with E-state index < -0.39 is 0 Å². The molecule has 1 aliphatic heterocycles. The summed E-state index contributed by atoms with van der Waals surface area (Å²) in [5.41, 5.74) is 2.02. The molecule has 4 rings (SSSR count). The highest BCUT2D eigenvalue weighted by molar-refractivity contribution is 5.94. The molecule has 0 N–H and O–H groups in total. The van der Waals surface area contributed by atoms with E-state index in [0.717, 1.165) is 32.4 Å². The van der Waals surface area contributed by atoms with E-state index >= 15 is 0 Å². The highest BCUT2D eigenvalue weighted by atomic mass is 16.2. The van der Waals surface area contributed by atoms with Gasteiger partial charge in [-0.1, -0.05) is 30.3 Å². The molecule has 2 aromatic heterocycles. The number of hydrogen-bond acceptors (Lipinski definition) is 3. The number of nitrogens with zero attached hydrogens (tertiary/aromatic N) is 4. The quantitative estimate of drug-likeness (QED) is 0.727. The second kappa shape index (κ2) is 7.52. The van der Waals surface area contributed by atoms with Crippen LogP contribution in [0.5, 0.6) is 0 Å². The summed E-state index contributed by atoms with van der Waals surface area (Å²) in [6.45, 7) is 1.60. The predicted octanol–water partition coefficient (Wildman–Crippen LogP) is 3.68. The monoisotopic (exact) mass is 346 g/mol. The molecule has 0 spiro atoms. The SMILES string of the molecule is O=C(c1ccc(-n2cccn2)nc1)N1CCCC(c2ccccc2)CC1. The summed E-state index contributed by atoms with van der Waals surface area (Å²) in [6, 6.07) is 16.2. The van der Waals surface area contributed by atoms with Gasteiger partial charge in [0.2, 0.25) is 0 Å². The lowest BCUT2D eigenvalue weighted by atomic mass is 9.92. The van der Waals surface area contributed by atoms with Crippen molar-refractivity contribution < 1.29 is 4.79 Å². The van der Waals surface area contributed by atoms with Crippen LogP contribution in [0.1, 0.15) is 41.1 Å². The van der Waals surface area contributed by atoms with Crippen LogP contribution in [0.4, 0.5) is 0 Å². The van der Waals surface area contributed by atoms with E-state index in [0.29, 0.717) is 17.3 Å². The van der Waals surface area contributed by atoms with Gasteiger partial charge >= 0.3 is 0 Å². The Balaban J connectivity index is 1.43. The average molecular weight is 346 g/mol. The molecule has 1 aliphatic rings. The van der Waals surface area contributed by atoms with Crippen molar-refractivity contribution in [1.82, 2.24) is 19.7 Å². The van der Waals surface area contributed by atoms with Gasteiger partial charge in [0.15, 0.2) is 5.82 Å². The molecule has 0 saturated carbocycles. The van der Waals surface area contributed by atoms with Gasteiger partial charge in [0.25, 0.3) is 5.91 Å². The van der Waals surface area contributed by atoms with Gasteiger partial charge in [0.1, 0.15) is 0 Å². The van der Waals surface area contributed by atoms with Crippen molar-refractivity contribution in [2.45, 2.75) is 25.2 Å². The molecule has 3 heterocycles. The topological polar surface area (TPSA) is 51.0 Å². The van der Waals surface area contributed by atoms with Crippen molar-refractivity contribution >= 4 is 5.91 Å². The first-order valence-corrected chi connectivity index (χ1v) is 9.11. The number of likely N-dealkylation sites (tertiary alicyclic amines) is 1. The Hall–Kier alpha value is -2.95. The molecule has 132 valence electrons. The fourth-order valence-electron chi connectivity index (χ4n) is 3.59. The average Bonchev–Trinajstić information content (AvgIpc) is 3.13. The van der Waals surface area contributed by atoms with Gasteiger partial charge < -0.3 is 4.90 Å². The molecular formula is C21H22N4O. The molecule has 26 heavy (non-hydrogen) atoms. The van der Waals surface area contributed by atoms with E-state index in [-0.39, 0.29) is 5.91 Å². The maximum absolute atomic E-state index is 12.9. The number of carbonyl (C=O) groups is 1. The van der Waals surface area contributed by atoms with Crippen LogP contribution in [0.2, 0.25) is 0 Å². The molecule has 1 atom stereocenters. The standard InChI is InChI=1S/C21H22N4O/c26-21(19-9-10-20(22-16-19)25-14-5-12-23-25)24-13-4-8-18(11-15-24)17-6-2-1-3-7-17/h1-3,5-7,9-10,12,14,16,18H,4,8,11,13,15H2. The van der Waals surface area contributed by atoms with Crippen molar-refractivity contribution in [3.05, 3.63) is 78.2 Å². The molecule has 3 aromatic rings. The Morgan fingerprint density at radius 2 is 1.88 bits per heavy atom. The molecule has 0 aliphatic carbocycles. The maximum Gasteiger partial charge on any atom is 0.255 e. The smallest absolute Gasteiger partial charge is 0.255 e. The summed E-state index contributed by atoms with van der Waals surface area (Å²) >= 11 is 0. The van der Waals surface area contributed by atoms with Gasteiger partial charge in [0, 0.05) is 31.7 Å². The lowest BCUT2D eigenvalue weighted by Gasteiger charge is -2.21. The van der Waals surface area contributed by atoms with Crippen molar-refractivity contribution in [3.63, 3.8) is 0 Å². The first kappa shape index (κ1) is 16.5. The van der Waals surface area contributed by atoms with Crippen molar-refractivity contribution in [2.75, 3.05) is 13.1 Å². The molecule has 0 bridgehead atoms. The minimum atomic E-state index is 0.0678. The number of pyridine rings is 1. The number of benzene rings is 1. The van der Waals surface area contributed by atoms with E-state index in [1.165, 1.54) is 5.56 Å². The summed E-state index contributed by atoms with van der Waals surface area (Å²) < 4.78 is 1.69. The summed E-state index contributed by atoms with van der Waals surface area (Å²) in [5.74, 6) is 1.32. The third kappa shape index (κ3) is 3.52. The molecule has 1 unspecified atom stereocenters. The Kier molecular flexibility index (Phi) is 4.78. The molecule has 0 radical (unpaired) electrons. The summed E-state index contributed by atoms with van der Waals surface area (Å²) in [4.78, 5) is 19.2. The van der Waals surface area contributed by atoms with Crippen LogP contribution in [0.15, 0.2) is 67.1 Å². The van der Waals surface area contributed by atoms with Gasteiger partial charge in [-0.2, -0.15) is 5.10 Å². The zero-order valence-electron chi connectivity index (χ0n) is 14.7. The third-order valence-corrected chi connectivity index (χ3v) is 5.02. The van der Waals surface area contributed by atoms with E-state index in [2.05, 4.69) is 40.4 Å². The molecule has 1 amide bonds. The number of rotatable bonds is 3. The van der Waals surface area contributed by atoms with Crippen molar-refractivity contribution in [2.24, 2.45) is 0 Å². The Morgan fingerprint density at radius 1 is 1.00 bits per heavy atom. The van der Waals surface area contributed by atoms with Crippen LogP contribution in [-0.2, 0) is 0 Å². The number of hydrogen-bond donors (Lipinski definition) is 0. The van der Waals surface area contributed by atoms with Gasteiger partial charge in [-0.05, 0) is 48.9 Å². The fraction of sp³-hybridized carbons (Fsp3) is 0.286. The molecule has 1 saturated heterocycles. The largest absolute Gasteiger partial charge is 0.339 e. The van der Waals surface area contributed by atoms with Crippen LogP contribution < -0.4 is 0 Å². The zero-order chi connectivity index (χ0) is 17.8. The number of amides is 1. The van der Waals surface area contributed by atoms with E-state index in [1.807, 2.05) is 29.3 Å². The first-order valence-electron chi connectivity index (χ1n) is 9.11. The van der Waals surface area contributed by atoms with Crippen molar-refractivity contribution in [1.29, 1.82) is 0 Å².